The van der Waals surface area contributed by atoms with Gasteiger partial charge in [-0.05, 0) is 43.6 Å². The summed E-state index contributed by atoms with van der Waals surface area (Å²) >= 11 is 0. The summed E-state index contributed by atoms with van der Waals surface area (Å²) in [6.07, 6.45) is 3.71. The third-order valence-corrected chi connectivity index (χ3v) is 4.62. The zero-order chi connectivity index (χ0) is 17.5. The predicted molar refractivity (Wildman–Crippen MR) is 95.6 cm³/mol. The number of nitrogens with zero attached hydrogens (tertiary/aromatic N) is 1. The third-order valence-electron chi connectivity index (χ3n) is 4.62. The Hall–Kier alpha value is -1.75. The molecule has 0 radical (unpaired) electrons. The molecule has 1 atom stereocenters. The zero-order valence-electron chi connectivity index (χ0n) is 15.3. The van der Waals surface area contributed by atoms with Crippen LogP contribution < -0.4 is 14.8 Å². The molecule has 1 amide bonds. The lowest BCUT2D eigenvalue weighted by Crippen LogP contribution is -2.41. The minimum atomic E-state index is -0.00240. The summed E-state index contributed by atoms with van der Waals surface area (Å²) in [5.74, 6) is 1.55. The van der Waals surface area contributed by atoms with Crippen LogP contribution in [0.5, 0.6) is 11.5 Å². The van der Waals surface area contributed by atoms with E-state index in [4.69, 9.17) is 9.47 Å². The fraction of sp³-hybridized carbons (Fsp3) is 0.632. The van der Waals surface area contributed by atoms with Gasteiger partial charge in [-0.1, -0.05) is 26.3 Å². The van der Waals surface area contributed by atoms with E-state index < -0.39 is 0 Å². The van der Waals surface area contributed by atoms with Crippen molar-refractivity contribution in [2.75, 3.05) is 33.9 Å². The smallest absolute Gasteiger partial charge is 0.222 e. The number of amides is 1. The highest BCUT2D eigenvalue weighted by Crippen LogP contribution is 2.32. The Labute approximate surface area is 145 Å². The number of likely N-dealkylation sites (tertiary alicyclic amines) is 1. The number of carbonyl (C=O) groups is 1. The number of rotatable bonds is 7. The molecule has 2 rings (SSSR count). The number of benzene rings is 1. The number of hydrogen-bond acceptors (Lipinski definition) is 4. The standard InChI is InChI=1S/C19H30N2O3/c1-14(2)19(22)20-13-16(21-10-6-5-7-11-21)15-8-9-17(23-3)18(12-15)24-4/h8-9,12,14,16H,5-7,10-11,13H2,1-4H3,(H,20,22). The van der Waals surface area contributed by atoms with Gasteiger partial charge in [-0.3, -0.25) is 9.69 Å². The molecule has 1 heterocycles. The second-order valence-corrected chi connectivity index (χ2v) is 6.63. The van der Waals surface area contributed by atoms with E-state index in [-0.39, 0.29) is 17.9 Å². The molecule has 1 fully saturated rings. The van der Waals surface area contributed by atoms with Crippen molar-refractivity contribution < 1.29 is 14.3 Å². The van der Waals surface area contributed by atoms with E-state index in [1.807, 2.05) is 26.0 Å². The van der Waals surface area contributed by atoms with Gasteiger partial charge in [0.1, 0.15) is 0 Å². The highest BCUT2D eigenvalue weighted by molar-refractivity contribution is 5.77. The van der Waals surface area contributed by atoms with Crippen molar-refractivity contribution in [2.45, 2.75) is 39.2 Å². The largest absolute Gasteiger partial charge is 0.493 e. The molecule has 1 aliphatic rings. The van der Waals surface area contributed by atoms with Crippen LogP contribution in [0.2, 0.25) is 0 Å². The quantitative estimate of drug-likeness (QED) is 0.833. The molecular weight excluding hydrogens is 304 g/mol. The number of piperidine rings is 1. The van der Waals surface area contributed by atoms with Gasteiger partial charge >= 0.3 is 0 Å². The summed E-state index contributed by atoms with van der Waals surface area (Å²) in [7, 11) is 3.29. The maximum atomic E-state index is 12.0. The summed E-state index contributed by atoms with van der Waals surface area (Å²) in [4.78, 5) is 14.5. The van der Waals surface area contributed by atoms with Crippen LogP contribution in [0.1, 0.15) is 44.7 Å². The molecular formula is C19H30N2O3. The number of carbonyl (C=O) groups excluding carboxylic acids is 1. The van der Waals surface area contributed by atoms with Crippen LogP contribution in [-0.4, -0.2) is 44.7 Å². The Bertz CT molecular complexity index is 539. The first-order valence-corrected chi connectivity index (χ1v) is 8.80. The fourth-order valence-corrected chi connectivity index (χ4v) is 3.15. The van der Waals surface area contributed by atoms with Crippen LogP contribution in [0.25, 0.3) is 0 Å². The van der Waals surface area contributed by atoms with E-state index in [2.05, 4.69) is 16.3 Å². The van der Waals surface area contributed by atoms with Crippen molar-refractivity contribution >= 4 is 5.91 Å². The number of ether oxygens (including phenoxy) is 2. The first kappa shape index (κ1) is 18.6. The minimum Gasteiger partial charge on any atom is -0.493 e. The first-order chi connectivity index (χ1) is 11.6. The van der Waals surface area contributed by atoms with Gasteiger partial charge in [-0.2, -0.15) is 0 Å². The molecule has 5 heteroatoms. The Morgan fingerprint density at radius 2 is 1.79 bits per heavy atom. The summed E-state index contributed by atoms with van der Waals surface area (Å²) in [6.45, 7) is 6.59. The van der Waals surface area contributed by atoms with E-state index in [0.717, 1.165) is 30.2 Å². The van der Waals surface area contributed by atoms with Crippen molar-refractivity contribution in [3.8, 4) is 11.5 Å². The second kappa shape index (κ2) is 8.92. The zero-order valence-corrected chi connectivity index (χ0v) is 15.3. The monoisotopic (exact) mass is 334 g/mol. The normalized spacial score (nSPS) is 16.7. The lowest BCUT2D eigenvalue weighted by molar-refractivity contribution is -0.124. The van der Waals surface area contributed by atoms with E-state index in [0.29, 0.717) is 6.54 Å². The van der Waals surface area contributed by atoms with Gasteiger partial charge < -0.3 is 14.8 Å². The van der Waals surface area contributed by atoms with Gasteiger partial charge in [0.05, 0.1) is 20.3 Å². The molecule has 1 aromatic rings. The highest BCUT2D eigenvalue weighted by Gasteiger charge is 2.24. The van der Waals surface area contributed by atoms with Crippen LogP contribution in [0.4, 0.5) is 0 Å². The van der Waals surface area contributed by atoms with Crippen molar-refractivity contribution in [3.63, 3.8) is 0 Å². The molecule has 1 unspecified atom stereocenters. The van der Waals surface area contributed by atoms with Gasteiger partial charge in [-0.25, -0.2) is 0 Å². The fourth-order valence-electron chi connectivity index (χ4n) is 3.15. The SMILES string of the molecule is COc1ccc(C(CNC(=O)C(C)C)N2CCCCC2)cc1OC. The maximum Gasteiger partial charge on any atom is 0.222 e. The number of methoxy groups -OCH3 is 2. The summed E-state index contributed by atoms with van der Waals surface area (Å²) in [5, 5.41) is 3.09. The van der Waals surface area contributed by atoms with E-state index in [1.165, 1.54) is 19.3 Å². The van der Waals surface area contributed by atoms with Crippen LogP contribution in [0.3, 0.4) is 0 Å². The molecule has 0 saturated carbocycles. The lowest BCUT2D eigenvalue weighted by Gasteiger charge is -2.35. The molecule has 1 aromatic carbocycles. The van der Waals surface area contributed by atoms with Gasteiger partial charge in [0, 0.05) is 12.5 Å². The van der Waals surface area contributed by atoms with Gasteiger partial charge in [-0.15, -0.1) is 0 Å². The highest BCUT2D eigenvalue weighted by atomic mass is 16.5. The van der Waals surface area contributed by atoms with Gasteiger partial charge in [0.25, 0.3) is 0 Å². The van der Waals surface area contributed by atoms with Crippen molar-refractivity contribution in [1.82, 2.24) is 10.2 Å². The van der Waals surface area contributed by atoms with Gasteiger partial charge in [0.2, 0.25) is 5.91 Å². The number of nitrogens with one attached hydrogen (secondary N) is 1. The number of hydrogen-bond donors (Lipinski definition) is 1. The minimum absolute atomic E-state index is 0.00240. The molecule has 5 nitrogen and oxygen atoms in total. The summed E-state index contributed by atoms with van der Waals surface area (Å²) < 4.78 is 10.8. The van der Waals surface area contributed by atoms with E-state index in [1.54, 1.807) is 14.2 Å². The lowest BCUT2D eigenvalue weighted by atomic mass is 10.0. The molecule has 0 aliphatic carbocycles. The first-order valence-electron chi connectivity index (χ1n) is 8.80. The molecule has 1 N–H and O–H groups in total. The average Bonchev–Trinajstić information content (AvgIpc) is 2.62. The molecule has 134 valence electrons. The molecule has 0 bridgehead atoms. The molecule has 0 spiro atoms. The van der Waals surface area contributed by atoms with Crippen molar-refractivity contribution in [3.05, 3.63) is 23.8 Å². The molecule has 1 aliphatic heterocycles. The Morgan fingerprint density at radius 1 is 1.12 bits per heavy atom. The molecule has 1 saturated heterocycles. The topological polar surface area (TPSA) is 50.8 Å². The Morgan fingerprint density at radius 3 is 2.38 bits per heavy atom. The van der Waals surface area contributed by atoms with Crippen LogP contribution in [0, 0.1) is 5.92 Å². The summed E-state index contributed by atoms with van der Waals surface area (Å²) in [5.41, 5.74) is 1.15. The molecule has 24 heavy (non-hydrogen) atoms. The Kier molecular flexibility index (Phi) is 6.91. The van der Waals surface area contributed by atoms with Crippen molar-refractivity contribution in [2.24, 2.45) is 5.92 Å². The van der Waals surface area contributed by atoms with Crippen LogP contribution in [0.15, 0.2) is 18.2 Å². The average molecular weight is 334 g/mol. The molecule has 0 aromatic heterocycles. The van der Waals surface area contributed by atoms with E-state index >= 15 is 0 Å². The predicted octanol–water partition coefficient (Wildman–Crippen LogP) is 3.00. The van der Waals surface area contributed by atoms with Gasteiger partial charge in [0.15, 0.2) is 11.5 Å². The third kappa shape index (κ3) is 4.63. The second-order valence-electron chi connectivity index (χ2n) is 6.63. The Balaban J connectivity index is 2.22. The van der Waals surface area contributed by atoms with Crippen molar-refractivity contribution in [1.29, 1.82) is 0 Å². The van der Waals surface area contributed by atoms with Crippen LogP contribution in [-0.2, 0) is 4.79 Å². The maximum absolute atomic E-state index is 12.0. The van der Waals surface area contributed by atoms with Crippen LogP contribution >= 0.6 is 0 Å². The summed E-state index contributed by atoms with van der Waals surface area (Å²) in [6, 6.07) is 6.20. The van der Waals surface area contributed by atoms with E-state index in [9.17, 15) is 4.79 Å².